The van der Waals surface area contributed by atoms with Crippen molar-refractivity contribution in [3.63, 3.8) is 0 Å². The molecule has 1 heterocycles. The first-order valence-electron chi connectivity index (χ1n) is 7.61. The second kappa shape index (κ2) is 9.67. The van der Waals surface area contributed by atoms with E-state index in [0.29, 0.717) is 24.4 Å². The van der Waals surface area contributed by atoms with Gasteiger partial charge in [-0.1, -0.05) is 0 Å². The van der Waals surface area contributed by atoms with Crippen molar-refractivity contribution in [3.05, 3.63) is 54.0 Å². The van der Waals surface area contributed by atoms with Crippen LogP contribution >= 0.6 is 11.8 Å². The molecule has 0 atom stereocenters. The fourth-order valence-electron chi connectivity index (χ4n) is 1.88. The van der Waals surface area contributed by atoms with Crippen molar-refractivity contribution in [1.29, 1.82) is 0 Å². The van der Waals surface area contributed by atoms with Crippen LogP contribution in [0.5, 0.6) is 0 Å². The molecule has 2 aromatic rings. The average molecular weight is 348 g/mol. The number of hydrogen-bond acceptors (Lipinski definition) is 5. The van der Waals surface area contributed by atoms with Gasteiger partial charge >= 0.3 is 12.0 Å². The quantitative estimate of drug-likeness (QED) is 0.564. The summed E-state index contributed by atoms with van der Waals surface area (Å²) >= 11 is 1.68. The molecule has 2 amide bonds. The van der Waals surface area contributed by atoms with Gasteiger partial charge in [0, 0.05) is 18.0 Å². The lowest BCUT2D eigenvalue weighted by molar-refractivity contribution is 0.0526. The van der Waals surface area contributed by atoms with E-state index in [2.05, 4.69) is 10.6 Å². The monoisotopic (exact) mass is 348 g/mol. The van der Waals surface area contributed by atoms with E-state index < -0.39 is 0 Å². The topological polar surface area (TPSA) is 80.6 Å². The molecular formula is C17H20N2O4S. The van der Waals surface area contributed by atoms with E-state index in [4.69, 9.17) is 9.15 Å². The number of nitrogens with one attached hydrogen (secondary N) is 2. The van der Waals surface area contributed by atoms with E-state index in [0.717, 1.165) is 17.3 Å². The van der Waals surface area contributed by atoms with Crippen LogP contribution in [0.4, 0.5) is 10.5 Å². The molecule has 2 rings (SSSR count). The third-order valence-electron chi connectivity index (χ3n) is 3.01. The molecule has 1 aromatic heterocycles. The minimum atomic E-state index is -0.373. The smallest absolute Gasteiger partial charge is 0.338 e. The van der Waals surface area contributed by atoms with Crippen LogP contribution in [0.15, 0.2) is 47.1 Å². The Morgan fingerprint density at radius 2 is 2.00 bits per heavy atom. The number of ether oxygens (including phenoxy) is 1. The molecule has 128 valence electrons. The zero-order valence-corrected chi connectivity index (χ0v) is 14.2. The van der Waals surface area contributed by atoms with Crippen molar-refractivity contribution in [1.82, 2.24) is 5.32 Å². The third kappa shape index (κ3) is 6.00. The van der Waals surface area contributed by atoms with Gasteiger partial charge in [-0.3, -0.25) is 0 Å². The number of carbonyl (C=O) groups is 2. The number of amides is 2. The molecule has 2 N–H and O–H groups in total. The van der Waals surface area contributed by atoms with E-state index in [9.17, 15) is 9.59 Å². The highest BCUT2D eigenvalue weighted by molar-refractivity contribution is 7.98. The molecule has 0 aliphatic carbocycles. The zero-order valence-electron chi connectivity index (χ0n) is 13.4. The molecule has 0 unspecified atom stereocenters. The zero-order chi connectivity index (χ0) is 17.2. The lowest BCUT2D eigenvalue weighted by Gasteiger charge is -2.08. The summed E-state index contributed by atoms with van der Waals surface area (Å²) in [5, 5.41) is 5.49. The van der Waals surface area contributed by atoms with Gasteiger partial charge in [0.1, 0.15) is 5.76 Å². The molecule has 0 saturated heterocycles. The first kappa shape index (κ1) is 17.9. The number of esters is 1. The van der Waals surface area contributed by atoms with Gasteiger partial charge in [-0.25, -0.2) is 9.59 Å². The van der Waals surface area contributed by atoms with Crippen LogP contribution in [0.1, 0.15) is 23.0 Å². The molecule has 0 spiro atoms. The van der Waals surface area contributed by atoms with Gasteiger partial charge in [0.15, 0.2) is 0 Å². The number of furan rings is 1. The van der Waals surface area contributed by atoms with Gasteiger partial charge in [0.25, 0.3) is 0 Å². The van der Waals surface area contributed by atoms with Crippen LogP contribution in [0.3, 0.4) is 0 Å². The number of benzene rings is 1. The van der Waals surface area contributed by atoms with Crippen molar-refractivity contribution in [2.24, 2.45) is 0 Å². The van der Waals surface area contributed by atoms with Gasteiger partial charge in [-0.2, -0.15) is 11.8 Å². The predicted octanol–water partition coefficient (Wildman–Crippen LogP) is 3.51. The molecule has 0 bridgehead atoms. The van der Waals surface area contributed by atoms with E-state index in [1.165, 1.54) is 0 Å². The maximum absolute atomic E-state index is 11.8. The summed E-state index contributed by atoms with van der Waals surface area (Å²) in [5.41, 5.74) is 1.07. The SMILES string of the molecule is CCOC(=O)c1ccc(NC(=O)NCCSCc2ccco2)cc1. The summed E-state index contributed by atoms with van der Waals surface area (Å²) in [6.07, 6.45) is 1.65. The summed E-state index contributed by atoms with van der Waals surface area (Å²) in [4.78, 5) is 23.3. The average Bonchev–Trinajstić information content (AvgIpc) is 3.09. The Kier molecular flexibility index (Phi) is 7.22. The first-order chi connectivity index (χ1) is 11.7. The summed E-state index contributed by atoms with van der Waals surface area (Å²) in [7, 11) is 0. The molecule has 0 radical (unpaired) electrons. The van der Waals surface area contributed by atoms with Crippen LogP contribution in [0, 0.1) is 0 Å². The standard InChI is InChI=1S/C17H20N2O4S/c1-2-22-16(20)13-5-7-14(8-6-13)19-17(21)18-9-11-24-12-15-4-3-10-23-15/h3-8,10H,2,9,11-12H2,1H3,(H2,18,19,21). The highest BCUT2D eigenvalue weighted by Gasteiger charge is 2.07. The molecular weight excluding hydrogens is 328 g/mol. The number of carbonyl (C=O) groups excluding carboxylic acids is 2. The number of anilines is 1. The van der Waals surface area contributed by atoms with Crippen LogP contribution in [-0.2, 0) is 10.5 Å². The summed E-state index contributed by atoms with van der Waals surface area (Å²) in [5.74, 6) is 2.12. The van der Waals surface area contributed by atoms with Gasteiger partial charge in [-0.15, -0.1) is 0 Å². The lowest BCUT2D eigenvalue weighted by atomic mass is 10.2. The Bertz CT molecular complexity index is 641. The Balaban J connectivity index is 1.65. The van der Waals surface area contributed by atoms with E-state index >= 15 is 0 Å². The molecule has 0 aliphatic rings. The molecule has 24 heavy (non-hydrogen) atoms. The van der Waals surface area contributed by atoms with Gasteiger partial charge in [-0.05, 0) is 43.3 Å². The maximum Gasteiger partial charge on any atom is 0.338 e. The number of thioether (sulfide) groups is 1. The predicted molar refractivity (Wildman–Crippen MR) is 94.3 cm³/mol. The van der Waals surface area contributed by atoms with Crippen molar-refractivity contribution in [2.75, 3.05) is 24.2 Å². The maximum atomic E-state index is 11.8. The summed E-state index contributed by atoms with van der Waals surface area (Å²) in [6.45, 7) is 2.64. The minimum absolute atomic E-state index is 0.280. The Hall–Kier alpha value is -2.41. The highest BCUT2D eigenvalue weighted by Crippen LogP contribution is 2.12. The van der Waals surface area contributed by atoms with E-state index in [1.54, 1.807) is 49.2 Å². The van der Waals surface area contributed by atoms with Gasteiger partial charge in [0.05, 0.1) is 24.2 Å². The van der Waals surface area contributed by atoms with Crippen molar-refractivity contribution >= 4 is 29.4 Å². The first-order valence-corrected chi connectivity index (χ1v) is 8.76. The number of rotatable bonds is 8. The van der Waals surface area contributed by atoms with Gasteiger partial charge < -0.3 is 19.8 Å². The molecule has 0 fully saturated rings. The minimum Gasteiger partial charge on any atom is -0.468 e. The van der Waals surface area contributed by atoms with Crippen LogP contribution < -0.4 is 10.6 Å². The second-order valence-corrected chi connectivity index (χ2v) is 5.92. The Morgan fingerprint density at radius 3 is 2.67 bits per heavy atom. The second-order valence-electron chi connectivity index (χ2n) is 4.81. The molecule has 0 saturated carbocycles. The third-order valence-corrected chi connectivity index (χ3v) is 3.99. The lowest BCUT2D eigenvalue weighted by Crippen LogP contribution is -2.30. The van der Waals surface area contributed by atoms with Crippen molar-refractivity contribution < 1.29 is 18.7 Å². The fourth-order valence-corrected chi connectivity index (χ4v) is 2.64. The molecule has 6 nitrogen and oxygen atoms in total. The van der Waals surface area contributed by atoms with E-state index in [1.807, 2.05) is 12.1 Å². The van der Waals surface area contributed by atoms with Crippen molar-refractivity contribution in [3.8, 4) is 0 Å². The highest BCUT2D eigenvalue weighted by atomic mass is 32.2. The van der Waals surface area contributed by atoms with Crippen LogP contribution in [0.2, 0.25) is 0 Å². The van der Waals surface area contributed by atoms with Crippen LogP contribution in [-0.4, -0.2) is 30.9 Å². The number of urea groups is 1. The van der Waals surface area contributed by atoms with Crippen LogP contribution in [0.25, 0.3) is 0 Å². The molecule has 0 aliphatic heterocycles. The van der Waals surface area contributed by atoms with Crippen molar-refractivity contribution in [2.45, 2.75) is 12.7 Å². The number of hydrogen-bond donors (Lipinski definition) is 2. The largest absolute Gasteiger partial charge is 0.468 e. The molecule has 7 heteroatoms. The summed E-state index contributed by atoms with van der Waals surface area (Å²) in [6, 6.07) is 10.1. The summed E-state index contributed by atoms with van der Waals surface area (Å²) < 4.78 is 10.1. The molecule has 1 aromatic carbocycles. The normalized spacial score (nSPS) is 10.2. The Labute approximate surface area is 144 Å². The fraction of sp³-hybridized carbons (Fsp3) is 0.294. The van der Waals surface area contributed by atoms with E-state index in [-0.39, 0.29) is 12.0 Å². The Morgan fingerprint density at radius 1 is 1.21 bits per heavy atom. The van der Waals surface area contributed by atoms with Gasteiger partial charge in [0.2, 0.25) is 0 Å².